The molecule has 0 spiro atoms. The van der Waals surface area contributed by atoms with Crippen molar-refractivity contribution in [2.45, 2.75) is 13.1 Å². The monoisotopic (exact) mass is 119 g/mol. The van der Waals surface area contributed by atoms with Gasteiger partial charge in [-0.1, -0.05) is 24.3 Å². The summed E-state index contributed by atoms with van der Waals surface area (Å²) in [5.41, 5.74) is 2.80. The topological polar surface area (TPSA) is 12.0 Å². The summed E-state index contributed by atoms with van der Waals surface area (Å²) in [5, 5.41) is 3.30. The Morgan fingerprint density at radius 1 is 1.11 bits per heavy atom. The molecule has 0 amide bonds. The lowest BCUT2D eigenvalue weighted by Gasteiger charge is -2.12. The van der Waals surface area contributed by atoms with Crippen molar-refractivity contribution in [3.8, 4) is 0 Å². The summed E-state index contributed by atoms with van der Waals surface area (Å²) >= 11 is 0. The van der Waals surface area contributed by atoms with Gasteiger partial charge in [0, 0.05) is 13.1 Å². The zero-order chi connectivity index (χ0) is 6.10. The molecule has 2 bridgehead atoms. The van der Waals surface area contributed by atoms with Crippen molar-refractivity contribution in [2.24, 2.45) is 0 Å². The average molecular weight is 119 g/mol. The first-order chi connectivity index (χ1) is 4.45. The zero-order valence-corrected chi connectivity index (χ0v) is 5.22. The molecule has 1 aliphatic rings. The van der Waals surface area contributed by atoms with Crippen molar-refractivity contribution in [1.29, 1.82) is 0 Å². The summed E-state index contributed by atoms with van der Waals surface area (Å²) in [7, 11) is 0. The van der Waals surface area contributed by atoms with Crippen LogP contribution in [0.3, 0.4) is 0 Å². The Morgan fingerprint density at radius 2 is 1.78 bits per heavy atom. The average Bonchev–Trinajstić information content (AvgIpc) is 1.88. The number of fused-ring (bicyclic) bond motifs is 2. The first-order valence-corrected chi connectivity index (χ1v) is 3.24. The largest absolute Gasteiger partial charge is 0.309 e. The minimum Gasteiger partial charge on any atom is -0.309 e. The van der Waals surface area contributed by atoms with E-state index >= 15 is 0 Å². The van der Waals surface area contributed by atoms with Crippen LogP contribution < -0.4 is 5.32 Å². The van der Waals surface area contributed by atoms with E-state index in [-0.39, 0.29) is 0 Å². The molecule has 1 aromatic carbocycles. The van der Waals surface area contributed by atoms with Gasteiger partial charge >= 0.3 is 0 Å². The van der Waals surface area contributed by atoms with Crippen LogP contribution in [0.5, 0.6) is 0 Å². The van der Waals surface area contributed by atoms with Gasteiger partial charge in [0.25, 0.3) is 0 Å². The highest BCUT2D eigenvalue weighted by Crippen LogP contribution is 2.09. The standard InChI is InChI=1S/C8H9N/c1-2-7-4-8(3-1)6-9-5-7/h1-4,9H,5-6H2. The van der Waals surface area contributed by atoms with Crippen LogP contribution >= 0.6 is 0 Å². The summed E-state index contributed by atoms with van der Waals surface area (Å²) in [6.45, 7) is 2.07. The Bertz CT molecular complexity index is 198. The van der Waals surface area contributed by atoms with Gasteiger partial charge in [0.2, 0.25) is 0 Å². The number of benzene rings is 1. The van der Waals surface area contributed by atoms with Gasteiger partial charge in [-0.2, -0.15) is 0 Å². The van der Waals surface area contributed by atoms with Crippen LogP contribution in [-0.2, 0) is 13.1 Å². The minimum absolute atomic E-state index is 1.04. The summed E-state index contributed by atoms with van der Waals surface area (Å²) < 4.78 is 0. The highest BCUT2D eigenvalue weighted by Gasteiger charge is 2.00. The van der Waals surface area contributed by atoms with Gasteiger partial charge in [-0.25, -0.2) is 0 Å². The van der Waals surface area contributed by atoms with Crippen molar-refractivity contribution in [2.75, 3.05) is 0 Å². The highest BCUT2D eigenvalue weighted by molar-refractivity contribution is 5.25. The summed E-state index contributed by atoms with van der Waals surface area (Å²) in [6, 6.07) is 8.66. The highest BCUT2D eigenvalue weighted by atomic mass is 14.9. The normalized spacial score (nSPS) is 15.6. The van der Waals surface area contributed by atoms with E-state index in [1.54, 1.807) is 0 Å². The summed E-state index contributed by atoms with van der Waals surface area (Å²) in [6.07, 6.45) is 0. The fourth-order valence-electron chi connectivity index (χ4n) is 1.20. The molecule has 1 aromatic rings. The SMILES string of the molecule is c1cc2cc(c1)CNC2. The van der Waals surface area contributed by atoms with Crippen LogP contribution in [0.4, 0.5) is 0 Å². The van der Waals surface area contributed by atoms with Crippen molar-refractivity contribution in [3.05, 3.63) is 35.4 Å². The van der Waals surface area contributed by atoms with E-state index in [9.17, 15) is 0 Å². The molecule has 1 heteroatoms. The first-order valence-electron chi connectivity index (χ1n) is 3.24. The first kappa shape index (κ1) is 5.00. The van der Waals surface area contributed by atoms with E-state index in [2.05, 4.69) is 29.6 Å². The van der Waals surface area contributed by atoms with Crippen molar-refractivity contribution >= 4 is 0 Å². The molecule has 0 radical (unpaired) electrons. The predicted molar refractivity (Wildman–Crippen MR) is 37.0 cm³/mol. The molecule has 9 heavy (non-hydrogen) atoms. The van der Waals surface area contributed by atoms with E-state index in [1.165, 1.54) is 11.1 Å². The Kier molecular flexibility index (Phi) is 1.03. The molecule has 0 atom stereocenters. The van der Waals surface area contributed by atoms with Crippen LogP contribution in [0.25, 0.3) is 0 Å². The predicted octanol–water partition coefficient (Wildman–Crippen LogP) is 1.29. The summed E-state index contributed by atoms with van der Waals surface area (Å²) in [4.78, 5) is 0. The molecule has 1 nitrogen and oxygen atoms in total. The maximum absolute atomic E-state index is 3.30. The van der Waals surface area contributed by atoms with E-state index < -0.39 is 0 Å². The molecule has 1 aliphatic heterocycles. The van der Waals surface area contributed by atoms with Crippen molar-refractivity contribution < 1.29 is 0 Å². The Balaban J connectivity index is 2.53. The Morgan fingerprint density at radius 3 is 2.33 bits per heavy atom. The fraction of sp³-hybridized carbons (Fsp3) is 0.250. The van der Waals surface area contributed by atoms with Crippen LogP contribution in [0.1, 0.15) is 11.1 Å². The van der Waals surface area contributed by atoms with Gasteiger partial charge in [-0.3, -0.25) is 0 Å². The van der Waals surface area contributed by atoms with Crippen molar-refractivity contribution in [1.82, 2.24) is 5.32 Å². The van der Waals surface area contributed by atoms with Gasteiger partial charge in [-0.05, 0) is 11.1 Å². The third-order valence-electron chi connectivity index (χ3n) is 1.65. The molecule has 0 unspecified atom stereocenters. The zero-order valence-electron chi connectivity index (χ0n) is 5.22. The molecule has 1 heterocycles. The van der Waals surface area contributed by atoms with Gasteiger partial charge in [0.15, 0.2) is 0 Å². The fourth-order valence-corrected chi connectivity index (χ4v) is 1.20. The molecular formula is C8H9N. The molecule has 0 saturated heterocycles. The van der Waals surface area contributed by atoms with Crippen molar-refractivity contribution in [3.63, 3.8) is 0 Å². The molecule has 1 N–H and O–H groups in total. The third-order valence-corrected chi connectivity index (χ3v) is 1.65. The van der Waals surface area contributed by atoms with Gasteiger partial charge in [-0.15, -0.1) is 0 Å². The minimum atomic E-state index is 1.04. The van der Waals surface area contributed by atoms with Crippen LogP contribution in [0, 0.1) is 0 Å². The van der Waals surface area contributed by atoms with Gasteiger partial charge in [0.1, 0.15) is 0 Å². The molecule has 0 saturated carbocycles. The van der Waals surface area contributed by atoms with Gasteiger partial charge < -0.3 is 5.32 Å². The second-order valence-corrected chi connectivity index (χ2v) is 2.42. The summed E-state index contributed by atoms with van der Waals surface area (Å²) in [5.74, 6) is 0. The number of hydrogen-bond acceptors (Lipinski definition) is 1. The maximum Gasteiger partial charge on any atom is 0.0208 e. The molecule has 2 rings (SSSR count). The van der Waals surface area contributed by atoms with E-state index in [1.807, 2.05) is 0 Å². The number of nitrogens with one attached hydrogen (secondary N) is 1. The molecule has 46 valence electrons. The van der Waals surface area contributed by atoms with E-state index in [4.69, 9.17) is 0 Å². The van der Waals surface area contributed by atoms with Crippen LogP contribution in [0.2, 0.25) is 0 Å². The molecule has 0 aliphatic carbocycles. The molecular weight excluding hydrogens is 110 g/mol. The third kappa shape index (κ3) is 0.836. The Labute approximate surface area is 54.7 Å². The number of hydrogen-bond donors (Lipinski definition) is 1. The van der Waals surface area contributed by atoms with Crippen LogP contribution in [0.15, 0.2) is 24.3 Å². The van der Waals surface area contributed by atoms with E-state index in [0.29, 0.717) is 0 Å². The molecule has 0 aromatic heterocycles. The lowest BCUT2D eigenvalue weighted by Crippen LogP contribution is -2.17. The van der Waals surface area contributed by atoms with Crippen LogP contribution in [-0.4, -0.2) is 0 Å². The lowest BCUT2D eigenvalue weighted by atomic mass is 10.1. The Hall–Kier alpha value is -0.820. The second-order valence-electron chi connectivity index (χ2n) is 2.42. The quantitative estimate of drug-likeness (QED) is 0.542. The maximum atomic E-state index is 3.30. The lowest BCUT2D eigenvalue weighted by molar-refractivity contribution is 0.669. The second kappa shape index (κ2) is 1.85. The smallest absolute Gasteiger partial charge is 0.0208 e. The molecule has 0 fully saturated rings. The van der Waals surface area contributed by atoms with E-state index in [0.717, 1.165) is 13.1 Å². The number of rotatable bonds is 0. The van der Waals surface area contributed by atoms with Gasteiger partial charge in [0.05, 0.1) is 0 Å².